The summed E-state index contributed by atoms with van der Waals surface area (Å²) in [6.45, 7) is 1.48. The highest BCUT2D eigenvalue weighted by Gasteiger charge is 2.23. The predicted octanol–water partition coefficient (Wildman–Crippen LogP) is 2.90. The summed E-state index contributed by atoms with van der Waals surface area (Å²) >= 11 is 0. The van der Waals surface area contributed by atoms with E-state index in [1.54, 1.807) is 0 Å². The lowest BCUT2D eigenvalue weighted by molar-refractivity contribution is -0.00826. The molecule has 0 aromatic heterocycles. The van der Waals surface area contributed by atoms with Gasteiger partial charge in [0.1, 0.15) is 5.82 Å². The third kappa shape index (κ3) is 2.83. The molecule has 3 heteroatoms. The largest absolute Gasteiger partial charge is 0.378 e. The van der Waals surface area contributed by atoms with Gasteiger partial charge < -0.3 is 4.74 Å². The van der Waals surface area contributed by atoms with Crippen molar-refractivity contribution in [2.45, 2.75) is 12.1 Å². The predicted molar refractivity (Wildman–Crippen MR) is 72.4 cm³/mol. The molecule has 0 radical (unpaired) electrons. The lowest BCUT2D eigenvalue weighted by Gasteiger charge is -2.32. The van der Waals surface area contributed by atoms with Crippen molar-refractivity contribution in [2.24, 2.45) is 0 Å². The maximum absolute atomic E-state index is 13.1. The van der Waals surface area contributed by atoms with Gasteiger partial charge in [0, 0.05) is 0 Å². The lowest BCUT2D eigenvalue weighted by Crippen LogP contribution is -2.47. The van der Waals surface area contributed by atoms with Gasteiger partial charge in [-0.1, -0.05) is 42.5 Å². The zero-order chi connectivity index (χ0) is 13.1. The summed E-state index contributed by atoms with van der Waals surface area (Å²) < 4.78 is 18.3. The zero-order valence-corrected chi connectivity index (χ0v) is 10.6. The van der Waals surface area contributed by atoms with Crippen molar-refractivity contribution in [1.82, 2.24) is 5.32 Å². The molecule has 0 aliphatic carbocycles. The molecule has 0 amide bonds. The van der Waals surface area contributed by atoms with Gasteiger partial charge in [-0.05, 0) is 23.3 Å². The Morgan fingerprint density at radius 2 is 1.58 bits per heavy atom. The van der Waals surface area contributed by atoms with Gasteiger partial charge in [-0.3, -0.25) is 5.32 Å². The van der Waals surface area contributed by atoms with Gasteiger partial charge in [-0.25, -0.2) is 4.39 Å². The van der Waals surface area contributed by atoms with Crippen molar-refractivity contribution in [2.75, 3.05) is 13.2 Å². The number of hydrogen-bond acceptors (Lipinski definition) is 2. The molecule has 19 heavy (non-hydrogen) atoms. The van der Waals surface area contributed by atoms with Gasteiger partial charge in [0.25, 0.3) is 0 Å². The Hall–Kier alpha value is -1.71. The normalized spacial score (nSPS) is 16.9. The number of benzene rings is 2. The highest BCUT2D eigenvalue weighted by atomic mass is 19.1. The number of nitrogens with one attached hydrogen (secondary N) is 1. The van der Waals surface area contributed by atoms with E-state index in [1.807, 2.05) is 30.3 Å². The second-order valence-corrected chi connectivity index (χ2v) is 4.80. The molecule has 1 unspecified atom stereocenters. The summed E-state index contributed by atoms with van der Waals surface area (Å²) in [5.74, 6) is -0.206. The van der Waals surface area contributed by atoms with Crippen molar-refractivity contribution in [3.63, 3.8) is 0 Å². The first-order valence-electron chi connectivity index (χ1n) is 6.47. The molecule has 1 heterocycles. The van der Waals surface area contributed by atoms with Gasteiger partial charge in [0.2, 0.25) is 0 Å². The molecular weight excluding hydrogens is 241 g/mol. The molecule has 0 saturated carbocycles. The maximum Gasteiger partial charge on any atom is 0.123 e. The van der Waals surface area contributed by atoms with Crippen LogP contribution in [0.15, 0.2) is 54.6 Å². The van der Waals surface area contributed by atoms with E-state index in [0.29, 0.717) is 6.04 Å². The molecule has 98 valence electrons. The van der Waals surface area contributed by atoms with Crippen LogP contribution in [-0.4, -0.2) is 19.3 Å². The number of rotatable bonds is 4. The van der Waals surface area contributed by atoms with Crippen molar-refractivity contribution in [1.29, 1.82) is 0 Å². The Morgan fingerprint density at radius 3 is 2.16 bits per heavy atom. The quantitative estimate of drug-likeness (QED) is 0.909. The molecule has 2 aromatic carbocycles. The van der Waals surface area contributed by atoms with Gasteiger partial charge in [-0.15, -0.1) is 0 Å². The summed E-state index contributed by atoms with van der Waals surface area (Å²) in [6.07, 6.45) is 0. The lowest BCUT2D eigenvalue weighted by atomic mass is 9.97. The SMILES string of the molecule is Fc1ccc(C(NC2COC2)c2ccccc2)cc1. The first-order chi connectivity index (χ1) is 9.33. The minimum Gasteiger partial charge on any atom is -0.378 e. The second kappa shape index (κ2) is 5.51. The fourth-order valence-electron chi connectivity index (χ4n) is 2.25. The average Bonchev–Trinajstić information content (AvgIpc) is 2.40. The van der Waals surface area contributed by atoms with Crippen molar-refractivity contribution in [3.05, 3.63) is 71.5 Å². The van der Waals surface area contributed by atoms with Crippen LogP contribution >= 0.6 is 0 Å². The number of halogens is 1. The Morgan fingerprint density at radius 1 is 0.947 bits per heavy atom. The molecule has 3 rings (SSSR count). The summed E-state index contributed by atoms with van der Waals surface area (Å²) in [5.41, 5.74) is 2.25. The van der Waals surface area contributed by atoms with E-state index >= 15 is 0 Å². The summed E-state index contributed by atoms with van der Waals surface area (Å²) in [6, 6.07) is 17.3. The van der Waals surface area contributed by atoms with Gasteiger partial charge >= 0.3 is 0 Å². The smallest absolute Gasteiger partial charge is 0.123 e. The zero-order valence-electron chi connectivity index (χ0n) is 10.6. The molecule has 1 N–H and O–H groups in total. The van der Waals surface area contributed by atoms with Crippen LogP contribution in [0.3, 0.4) is 0 Å². The van der Waals surface area contributed by atoms with E-state index in [2.05, 4.69) is 17.4 Å². The van der Waals surface area contributed by atoms with Crippen molar-refractivity contribution < 1.29 is 9.13 Å². The fourth-order valence-corrected chi connectivity index (χ4v) is 2.25. The first-order valence-corrected chi connectivity index (χ1v) is 6.47. The van der Waals surface area contributed by atoms with E-state index in [-0.39, 0.29) is 11.9 Å². The molecule has 1 atom stereocenters. The highest BCUT2D eigenvalue weighted by molar-refractivity contribution is 5.32. The van der Waals surface area contributed by atoms with Crippen LogP contribution in [0.5, 0.6) is 0 Å². The Labute approximate surface area is 112 Å². The summed E-state index contributed by atoms with van der Waals surface area (Å²) in [7, 11) is 0. The first kappa shape index (κ1) is 12.3. The summed E-state index contributed by atoms with van der Waals surface area (Å²) in [5, 5.41) is 3.56. The molecule has 1 aliphatic heterocycles. The minimum atomic E-state index is -0.206. The molecule has 0 spiro atoms. The van der Waals surface area contributed by atoms with E-state index in [4.69, 9.17) is 4.74 Å². The molecule has 0 bridgehead atoms. The Balaban J connectivity index is 1.88. The number of hydrogen-bond donors (Lipinski definition) is 1. The van der Waals surface area contributed by atoms with Gasteiger partial charge in [0.05, 0.1) is 25.3 Å². The second-order valence-electron chi connectivity index (χ2n) is 4.80. The third-order valence-corrected chi connectivity index (χ3v) is 3.38. The van der Waals surface area contributed by atoms with Crippen LogP contribution in [0, 0.1) is 5.82 Å². The standard InChI is InChI=1S/C16H16FNO/c17-14-8-6-13(7-9-14)16(18-15-10-19-11-15)12-4-2-1-3-5-12/h1-9,15-16,18H,10-11H2. The Kier molecular flexibility index (Phi) is 3.58. The number of ether oxygens (including phenoxy) is 1. The van der Waals surface area contributed by atoms with Crippen LogP contribution in [0.2, 0.25) is 0 Å². The molecule has 1 fully saturated rings. The van der Waals surface area contributed by atoms with Crippen molar-refractivity contribution in [3.8, 4) is 0 Å². The van der Waals surface area contributed by atoms with Gasteiger partial charge in [0.15, 0.2) is 0 Å². The van der Waals surface area contributed by atoms with E-state index < -0.39 is 0 Å². The Bertz CT molecular complexity index is 522. The maximum atomic E-state index is 13.1. The highest BCUT2D eigenvalue weighted by Crippen LogP contribution is 2.23. The van der Waals surface area contributed by atoms with Crippen molar-refractivity contribution >= 4 is 0 Å². The average molecular weight is 257 g/mol. The topological polar surface area (TPSA) is 21.3 Å². The van der Waals surface area contributed by atoms with Crippen LogP contribution in [-0.2, 0) is 4.74 Å². The monoisotopic (exact) mass is 257 g/mol. The van der Waals surface area contributed by atoms with E-state index in [0.717, 1.165) is 18.8 Å². The van der Waals surface area contributed by atoms with Crippen LogP contribution in [0.1, 0.15) is 17.2 Å². The van der Waals surface area contributed by atoms with Crippen LogP contribution in [0.4, 0.5) is 4.39 Å². The fraction of sp³-hybridized carbons (Fsp3) is 0.250. The van der Waals surface area contributed by atoms with E-state index in [1.165, 1.54) is 17.7 Å². The third-order valence-electron chi connectivity index (χ3n) is 3.38. The van der Waals surface area contributed by atoms with Crippen LogP contribution in [0.25, 0.3) is 0 Å². The molecular formula is C16H16FNO. The molecule has 2 nitrogen and oxygen atoms in total. The van der Waals surface area contributed by atoms with E-state index in [9.17, 15) is 4.39 Å². The van der Waals surface area contributed by atoms with Crippen LogP contribution < -0.4 is 5.32 Å². The van der Waals surface area contributed by atoms with Gasteiger partial charge in [-0.2, -0.15) is 0 Å². The minimum absolute atomic E-state index is 0.0794. The molecule has 1 saturated heterocycles. The molecule has 2 aromatic rings. The molecule has 1 aliphatic rings. The summed E-state index contributed by atoms with van der Waals surface area (Å²) in [4.78, 5) is 0.